The molecule has 0 bridgehead atoms. The smallest absolute Gasteiger partial charge is 0.337 e. The van der Waals surface area contributed by atoms with Crippen molar-refractivity contribution < 1.29 is 19.8 Å². The largest absolute Gasteiger partial charge is 0.478 e. The number of hydrogen-bond acceptors (Lipinski definition) is 2. The van der Waals surface area contributed by atoms with E-state index in [-0.39, 0.29) is 11.1 Å². The van der Waals surface area contributed by atoms with Crippen LogP contribution >= 0.6 is 0 Å². The van der Waals surface area contributed by atoms with Crippen molar-refractivity contribution >= 4 is 11.9 Å². The summed E-state index contributed by atoms with van der Waals surface area (Å²) in [5, 5.41) is 17.0. The molecule has 0 aliphatic carbocycles. The Morgan fingerprint density at radius 3 is 1.58 bits per heavy atom. The van der Waals surface area contributed by atoms with Gasteiger partial charge in [-0.05, 0) is 12.1 Å². The van der Waals surface area contributed by atoms with Crippen LogP contribution in [0.4, 0.5) is 0 Å². The van der Waals surface area contributed by atoms with E-state index < -0.39 is 11.9 Å². The molecule has 60 valence electrons. The van der Waals surface area contributed by atoms with Gasteiger partial charge in [0.1, 0.15) is 0 Å². The van der Waals surface area contributed by atoms with Gasteiger partial charge in [-0.15, -0.1) is 0 Å². The fourth-order valence-corrected chi connectivity index (χ4v) is 0.732. The number of benzene rings is 1. The highest BCUT2D eigenvalue weighted by Gasteiger charge is 2.14. The summed E-state index contributed by atoms with van der Waals surface area (Å²) in [5.41, 5.74) is -0.741. The summed E-state index contributed by atoms with van der Waals surface area (Å²) >= 11 is 0. The molecule has 0 aromatic heterocycles. The molecule has 2 N–H and O–H groups in total. The number of hydrogen-bond donors (Lipinski definition) is 2. The molecule has 0 saturated heterocycles. The second-order valence-corrected chi connectivity index (χ2v) is 1.98. The number of carbonyl (C=O) groups is 2. The molecule has 0 atom stereocenters. The predicted octanol–water partition coefficient (Wildman–Crippen LogP) is 0.683. The standard InChI is InChI=1S/C8H4O4/c9-7(10)5-3-1-2-4-6(5)8(11)12/h1-2H,(H,9,10)(H,11,12). The van der Waals surface area contributed by atoms with E-state index in [2.05, 4.69) is 12.1 Å². The minimum Gasteiger partial charge on any atom is -0.478 e. The highest BCUT2D eigenvalue weighted by Crippen LogP contribution is 2.06. The van der Waals surface area contributed by atoms with Crippen molar-refractivity contribution in [1.82, 2.24) is 0 Å². The number of aromatic carboxylic acids is 2. The van der Waals surface area contributed by atoms with Gasteiger partial charge in [0.05, 0.1) is 11.1 Å². The Bertz CT molecular complexity index is 297. The summed E-state index contributed by atoms with van der Waals surface area (Å²) in [6, 6.07) is 7.22. The third-order valence-corrected chi connectivity index (χ3v) is 1.22. The predicted molar refractivity (Wildman–Crippen MR) is 38.0 cm³/mol. The minimum atomic E-state index is -1.32. The first-order chi connectivity index (χ1) is 5.63. The number of carboxylic acid groups (broad SMARTS) is 2. The van der Waals surface area contributed by atoms with E-state index in [0.717, 1.165) is 0 Å². The lowest BCUT2D eigenvalue weighted by atomic mass is 10.1. The van der Waals surface area contributed by atoms with Gasteiger partial charge in [-0.3, -0.25) is 0 Å². The summed E-state index contributed by atoms with van der Waals surface area (Å²) in [6.45, 7) is 0. The number of carboxylic acids is 2. The molecule has 0 unspecified atom stereocenters. The molecule has 4 nitrogen and oxygen atoms in total. The van der Waals surface area contributed by atoms with Gasteiger partial charge in [-0.1, -0.05) is 12.1 Å². The Morgan fingerprint density at radius 2 is 1.33 bits per heavy atom. The molecule has 0 saturated carbocycles. The first-order valence-electron chi connectivity index (χ1n) is 3.02. The molecule has 1 aromatic rings. The summed E-state index contributed by atoms with van der Waals surface area (Å²) in [6.07, 6.45) is 0. The molecular formula is C8H4O4. The van der Waals surface area contributed by atoms with Gasteiger partial charge in [-0.2, -0.15) is 0 Å². The molecule has 1 aromatic carbocycles. The van der Waals surface area contributed by atoms with E-state index in [1.54, 1.807) is 0 Å². The van der Waals surface area contributed by atoms with Crippen molar-refractivity contribution in [3.8, 4) is 0 Å². The zero-order valence-electron chi connectivity index (χ0n) is 5.87. The molecular weight excluding hydrogens is 160 g/mol. The monoisotopic (exact) mass is 164 g/mol. The van der Waals surface area contributed by atoms with Crippen LogP contribution in [0.3, 0.4) is 0 Å². The van der Waals surface area contributed by atoms with Crippen molar-refractivity contribution in [1.29, 1.82) is 0 Å². The van der Waals surface area contributed by atoms with Crippen LogP contribution in [0.1, 0.15) is 20.7 Å². The summed E-state index contributed by atoms with van der Waals surface area (Å²) in [4.78, 5) is 20.8. The fraction of sp³-hybridized carbons (Fsp3) is 0. The molecule has 1 rings (SSSR count). The first-order valence-corrected chi connectivity index (χ1v) is 3.02. The van der Waals surface area contributed by atoms with Gasteiger partial charge in [0.25, 0.3) is 0 Å². The average Bonchev–Trinajstić information content (AvgIpc) is 2.04. The average molecular weight is 164 g/mol. The van der Waals surface area contributed by atoms with Crippen molar-refractivity contribution in [3.05, 3.63) is 35.4 Å². The van der Waals surface area contributed by atoms with Crippen LogP contribution in [-0.2, 0) is 0 Å². The third kappa shape index (κ3) is 1.42. The molecule has 4 heteroatoms. The van der Waals surface area contributed by atoms with Gasteiger partial charge in [-0.25, -0.2) is 9.59 Å². The minimum absolute atomic E-state index is 0.370. The summed E-state index contributed by atoms with van der Waals surface area (Å²) in [7, 11) is 0. The Balaban J connectivity index is 3.27. The quantitative estimate of drug-likeness (QED) is 0.674. The molecule has 0 amide bonds. The maximum Gasteiger partial charge on any atom is 0.337 e. The second kappa shape index (κ2) is 3.04. The molecule has 0 spiro atoms. The van der Waals surface area contributed by atoms with Crippen molar-refractivity contribution in [2.45, 2.75) is 0 Å². The lowest BCUT2D eigenvalue weighted by Crippen LogP contribution is -2.07. The van der Waals surface area contributed by atoms with Crippen LogP contribution in [0.2, 0.25) is 0 Å². The SMILES string of the molecule is O=C(O)c1[c]cc[c]c1C(=O)O. The highest BCUT2D eigenvalue weighted by atomic mass is 16.4. The molecule has 0 heterocycles. The van der Waals surface area contributed by atoms with E-state index in [1.165, 1.54) is 12.1 Å². The highest BCUT2D eigenvalue weighted by molar-refractivity contribution is 6.01. The third-order valence-electron chi connectivity index (χ3n) is 1.22. The Kier molecular flexibility index (Phi) is 2.09. The lowest BCUT2D eigenvalue weighted by Gasteiger charge is -1.97. The van der Waals surface area contributed by atoms with E-state index in [0.29, 0.717) is 0 Å². The van der Waals surface area contributed by atoms with Gasteiger partial charge in [0.2, 0.25) is 0 Å². The lowest BCUT2D eigenvalue weighted by molar-refractivity contribution is 0.0651. The zero-order valence-corrected chi connectivity index (χ0v) is 5.87. The van der Waals surface area contributed by atoms with Crippen LogP contribution < -0.4 is 0 Å². The van der Waals surface area contributed by atoms with Crippen LogP contribution in [-0.4, -0.2) is 22.2 Å². The number of rotatable bonds is 2. The Labute approximate surface area is 68.1 Å². The van der Waals surface area contributed by atoms with E-state index >= 15 is 0 Å². The second-order valence-electron chi connectivity index (χ2n) is 1.98. The van der Waals surface area contributed by atoms with Crippen molar-refractivity contribution in [2.75, 3.05) is 0 Å². The molecule has 12 heavy (non-hydrogen) atoms. The van der Waals surface area contributed by atoms with E-state index in [1.807, 2.05) is 0 Å². The van der Waals surface area contributed by atoms with Crippen LogP contribution in [0.5, 0.6) is 0 Å². The van der Waals surface area contributed by atoms with Crippen molar-refractivity contribution in [3.63, 3.8) is 0 Å². The van der Waals surface area contributed by atoms with Crippen molar-refractivity contribution in [2.24, 2.45) is 0 Å². The first kappa shape index (κ1) is 8.26. The normalized spacial score (nSPS) is 9.33. The molecule has 0 aliphatic rings. The van der Waals surface area contributed by atoms with Gasteiger partial charge in [0, 0.05) is 0 Å². The summed E-state index contributed by atoms with van der Waals surface area (Å²) < 4.78 is 0. The maximum atomic E-state index is 10.4. The summed E-state index contributed by atoms with van der Waals surface area (Å²) in [5.74, 6) is -2.63. The van der Waals surface area contributed by atoms with Gasteiger partial charge >= 0.3 is 11.9 Å². The van der Waals surface area contributed by atoms with Crippen LogP contribution in [0.25, 0.3) is 0 Å². The molecule has 0 aliphatic heterocycles. The fourth-order valence-electron chi connectivity index (χ4n) is 0.732. The zero-order chi connectivity index (χ0) is 9.14. The molecule has 2 radical (unpaired) electrons. The maximum absolute atomic E-state index is 10.4. The van der Waals surface area contributed by atoms with E-state index in [9.17, 15) is 9.59 Å². The van der Waals surface area contributed by atoms with Gasteiger partial charge in [0.15, 0.2) is 0 Å². The Hall–Kier alpha value is -1.84. The van der Waals surface area contributed by atoms with Gasteiger partial charge < -0.3 is 10.2 Å². The van der Waals surface area contributed by atoms with E-state index in [4.69, 9.17) is 10.2 Å². The van der Waals surface area contributed by atoms with Crippen LogP contribution in [0.15, 0.2) is 12.1 Å². The molecule has 0 fully saturated rings. The topological polar surface area (TPSA) is 74.6 Å². The van der Waals surface area contributed by atoms with Crippen LogP contribution in [0, 0.1) is 12.1 Å². The Morgan fingerprint density at radius 1 is 1.00 bits per heavy atom.